The first kappa shape index (κ1) is 42.3. The van der Waals surface area contributed by atoms with Crippen LogP contribution in [0.1, 0.15) is 117 Å². The molecule has 8 nitrogen and oxygen atoms in total. The summed E-state index contributed by atoms with van der Waals surface area (Å²) in [5.74, 6) is -1.53. The monoisotopic (exact) mass is 634 g/mol. The van der Waals surface area contributed by atoms with E-state index in [1.165, 1.54) is 32.1 Å². The molecule has 0 aromatic heterocycles. The Morgan fingerprint density at radius 2 is 1.24 bits per heavy atom. The van der Waals surface area contributed by atoms with Crippen LogP contribution in [0.5, 0.6) is 0 Å². The third-order valence-electron chi connectivity index (χ3n) is 7.34. The van der Waals surface area contributed by atoms with E-state index >= 15 is 0 Å². The van der Waals surface area contributed by atoms with Crippen molar-refractivity contribution in [1.29, 1.82) is 0 Å². The second-order valence-electron chi connectivity index (χ2n) is 12.5. The van der Waals surface area contributed by atoms with Gasteiger partial charge in [-0.3, -0.25) is 9.59 Å². The summed E-state index contributed by atoms with van der Waals surface area (Å²) in [5.41, 5.74) is 0. The molecule has 0 heterocycles. The molecule has 0 aliphatic carbocycles. The Morgan fingerprint density at radius 1 is 0.689 bits per heavy atom. The van der Waals surface area contributed by atoms with Gasteiger partial charge in [0.2, 0.25) is 0 Å². The minimum Gasteiger partial charge on any atom is -0.477 e. The van der Waals surface area contributed by atoms with Crippen molar-refractivity contribution in [3.8, 4) is 0 Å². The number of ether oxygens (including phenoxy) is 3. The fraction of sp³-hybridized carbons (Fsp3) is 0.703. The van der Waals surface area contributed by atoms with E-state index in [0.29, 0.717) is 19.3 Å². The third kappa shape index (κ3) is 27.3. The number of carbonyl (C=O) groups excluding carboxylic acids is 2. The van der Waals surface area contributed by atoms with E-state index in [1.54, 1.807) is 0 Å². The summed E-state index contributed by atoms with van der Waals surface area (Å²) in [7, 11) is 5.48. The van der Waals surface area contributed by atoms with Crippen LogP contribution in [0.15, 0.2) is 48.6 Å². The summed E-state index contributed by atoms with van der Waals surface area (Å²) in [6.07, 6.45) is 30.2. The molecule has 45 heavy (non-hydrogen) atoms. The van der Waals surface area contributed by atoms with E-state index in [9.17, 15) is 19.5 Å². The Hall–Kier alpha value is -2.71. The Morgan fingerprint density at radius 3 is 1.84 bits per heavy atom. The highest BCUT2D eigenvalue weighted by Crippen LogP contribution is 2.12. The van der Waals surface area contributed by atoms with E-state index in [1.807, 2.05) is 57.6 Å². The van der Waals surface area contributed by atoms with Crippen molar-refractivity contribution in [3.63, 3.8) is 0 Å². The number of carbonyl (C=O) groups is 3. The van der Waals surface area contributed by atoms with Gasteiger partial charge in [0.25, 0.3) is 0 Å². The molecular weight excluding hydrogens is 570 g/mol. The van der Waals surface area contributed by atoms with Crippen molar-refractivity contribution in [3.05, 3.63) is 48.6 Å². The molecule has 0 aliphatic heterocycles. The first-order valence-electron chi connectivity index (χ1n) is 17.2. The zero-order chi connectivity index (χ0) is 33.6. The van der Waals surface area contributed by atoms with Crippen LogP contribution in [0.3, 0.4) is 0 Å². The second-order valence-corrected chi connectivity index (χ2v) is 12.5. The fourth-order valence-electron chi connectivity index (χ4n) is 4.63. The number of hydrogen-bond acceptors (Lipinski definition) is 6. The van der Waals surface area contributed by atoms with E-state index < -0.39 is 18.1 Å². The van der Waals surface area contributed by atoms with E-state index in [2.05, 4.69) is 26.0 Å². The number of quaternary nitrogens is 1. The zero-order valence-corrected chi connectivity index (χ0v) is 29.1. The minimum atomic E-state index is -0.886. The minimum absolute atomic E-state index is 0.0443. The molecule has 0 fully saturated rings. The standard InChI is InChI=1S/C37H63NO7/c1-6-8-10-12-14-16-17-18-19-20-22-24-26-28-36(40)45-33(31-43-30-29-34(37(41)42)38(3,4)5)32-44-35(39)27-25-23-21-15-13-11-9-7-2/h8,10,12,14,16-19,33-34H,6-7,9,11,13,15,20-32H2,1-5H3/p+1/b10-8+,14-12+,17-16+,19-18+. The molecule has 2 unspecified atom stereocenters. The number of allylic oxidation sites excluding steroid dienone is 8. The lowest BCUT2D eigenvalue weighted by molar-refractivity contribution is -0.887. The van der Waals surface area contributed by atoms with Gasteiger partial charge in [-0.15, -0.1) is 0 Å². The van der Waals surface area contributed by atoms with Gasteiger partial charge in [-0.05, 0) is 32.1 Å². The van der Waals surface area contributed by atoms with Crippen LogP contribution in [0.25, 0.3) is 0 Å². The summed E-state index contributed by atoms with van der Waals surface area (Å²) in [5, 5.41) is 9.54. The topological polar surface area (TPSA) is 99.1 Å². The predicted molar refractivity (Wildman–Crippen MR) is 183 cm³/mol. The average molecular weight is 635 g/mol. The van der Waals surface area contributed by atoms with Gasteiger partial charge in [0.15, 0.2) is 12.1 Å². The maximum Gasteiger partial charge on any atom is 0.362 e. The Kier molecular flexibility index (Phi) is 27.0. The van der Waals surface area contributed by atoms with Crippen LogP contribution in [-0.4, -0.2) is 80.6 Å². The van der Waals surface area contributed by atoms with Gasteiger partial charge < -0.3 is 23.8 Å². The summed E-state index contributed by atoms with van der Waals surface area (Å²) in [4.78, 5) is 36.5. The molecule has 0 amide bonds. The number of likely N-dealkylation sites (N-methyl/N-ethyl adjacent to an activating group) is 1. The number of carboxylic acids is 1. The molecule has 0 radical (unpaired) electrons. The predicted octanol–water partition coefficient (Wildman–Crippen LogP) is 8.12. The molecule has 0 aromatic carbocycles. The second kappa shape index (κ2) is 28.7. The molecule has 1 N–H and O–H groups in total. The maximum absolute atomic E-state index is 12.6. The highest BCUT2D eigenvalue weighted by molar-refractivity contribution is 5.72. The maximum atomic E-state index is 12.6. The number of esters is 2. The number of unbranched alkanes of at least 4 members (excludes halogenated alkanes) is 10. The molecule has 0 spiro atoms. The highest BCUT2D eigenvalue weighted by atomic mass is 16.6. The fourth-order valence-corrected chi connectivity index (χ4v) is 4.63. The van der Waals surface area contributed by atoms with Crippen molar-refractivity contribution in [2.24, 2.45) is 0 Å². The summed E-state index contributed by atoms with van der Waals surface area (Å²) in [6, 6.07) is -0.619. The van der Waals surface area contributed by atoms with Crippen LogP contribution in [0, 0.1) is 0 Å². The average Bonchev–Trinajstić information content (AvgIpc) is 2.98. The number of aliphatic carboxylic acids is 1. The van der Waals surface area contributed by atoms with E-state index in [-0.39, 0.29) is 42.7 Å². The molecule has 0 aromatic rings. The quantitative estimate of drug-likeness (QED) is 0.0384. The molecule has 0 aliphatic rings. The van der Waals surface area contributed by atoms with Crippen molar-refractivity contribution < 1.29 is 38.2 Å². The highest BCUT2D eigenvalue weighted by Gasteiger charge is 2.31. The van der Waals surface area contributed by atoms with Gasteiger partial charge in [-0.1, -0.05) is 114 Å². The first-order valence-corrected chi connectivity index (χ1v) is 17.2. The third-order valence-corrected chi connectivity index (χ3v) is 7.34. The van der Waals surface area contributed by atoms with Crippen molar-refractivity contribution in [2.75, 3.05) is 41.0 Å². The van der Waals surface area contributed by atoms with Crippen molar-refractivity contribution in [1.82, 2.24) is 0 Å². The molecule has 2 atom stereocenters. The van der Waals surface area contributed by atoms with E-state index in [4.69, 9.17) is 14.2 Å². The van der Waals surface area contributed by atoms with Gasteiger partial charge >= 0.3 is 17.9 Å². The Bertz CT molecular complexity index is 886. The van der Waals surface area contributed by atoms with Gasteiger partial charge in [-0.2, -0.15) is 0 Å². The number of rotatable bonds is 29. The molecule has 0 bridgehead atoms. The molecule has 8 heteroatoms. The summed E-state index contributed by atoms with van der Waals surface area (Å²) in [6.45, 7) is 4.48. The summed E-state index contributed by atoms with van der Waals surface area (Å²) < 4.78 is 17.1. The number of hydrogen-bond donors (Lipinski definition) is 1. The zero-order valence-electron chi connectivity index (χ0n) is 29.1. The summed E-state index contributed by atoms with van der Waals surface area (Å²) >= 11 is 0. The van der Waals surface area contributed by atoms with Gasteiger partial charge in [0.05, 0.1) is 34.4 Å². The Labute approximate surface area is 274 Å². The van der Waals surface area contributed by atoms with Crippen LogP contribution in [0.4, 0.5) is 0 Å². The van der Waals surface area contributed by atoms with Gasteiger partial charge in [-0.25, -0.2) is 4.79 Å². The van der Waals surface area contributed by atoms with E-state index in [0.717, 1.165) is 44.9 Å². The molecule has 0 saturated carbocycles. The molecule has 0 rings (SSSR count). The first-order chi connectivity index (χ1) is 21.6. The molecule has 0 saturated heterocycles. The normalized spacial score (nSPS) is 13.7. The smallest absolute Gasteiger partial charge is 0.362 e. The lowest BCUT2D eigenvalue weighted by atomic mass is 10.1. The van der Waals surface area contributed by atoms with Crippen LogP contribution < -0.4 is 0 Å². The molecular formula is C37H64NO7+. The van der Waals surface area contributed by atoms with Crippen LogP contribution in [0.2, 0.25) is 0 Å². The number of nitrogens with zero attached hydrogens (tertiary/aromatic N) is 1. The number of carboxylic acid groups (broad SMARTS) is 1. The molecule has 258 valence electrons. The van der Waals surface area contributed by atoms with Crippen LogP contribution in [-0.2, 0) is 28.6 Å². The SMILES string of the molecule is CC/C=C/C=C/C=C/C=C/CCCCCC(=O)OC(COCCC(C(=O)O)[N+](C)(C)C)COC(=O)CCCCCCCCCC. The van der Waals surface area contributed by atoms with Crippen molar-refractivity contribution in [2.45, 2.75) is 129 Å². The lowest BCUT2D eigenvalue weighted by Gasteiger charge is -2.31. The van der Waals surface area contributed by atoms with Gasteiger partial charge in [0, 0.05) is 19.3 Å². The van der Waals surface area contributed by atoms with Gasteiger partial charge in [0.1, 0.15) is 6.61 Å². The largest absolute Gasteiger partial charge is 0.477 e. The van der Waals surface area contributed by atoms with Crippen LogP contribution >= 0.6 is 0 Å². The Balaban J connectivity index is 4.57. The van der Waals surface area contributed by atoms with Crippen molar-refractivity contribution >= 4 is 17.9 Å². The lowest BCUT2D eigenvalue weighted by Crippen LogP contribution is -2.50.